The van der Waals surface area contributed by atoms with Crippen molar-refractivity contribution < 1.29 is 0 Å². The van der Waals surface area contributed by atoms with Crippen LogP contribution in [0.15, 0.2) is 200 Å². The average Bonchev–Trinajstić information content (AvgIpc) is 3.13. The number of fused-ring (bicyclic) bond motifs is 2. The molecule has 2 nitrogen and oxygen atoms in total. The van der Waals surface area contributed by atoms with Crippen molar-refractivity contribution in [2.75, 3.05) is 9.80 Å². The van der Waals surface area contributed by atoms with Crippen LogP contribution in [-0.4, -0.2) is 0 Å². The highest BCUT2D eigenvalue weighted by molar-refractivity contribution is 5.99. The first kappa shape index (κ1) is 29.6. The number of anilines is 5. The number of rotatable bonds is 9. The Morgan fingerprint density at radius 2 is 0.957 bits per heavy atom. The fraction of sp³-hybridized carbons (Fsp3) is 0.0222. The van der Waals surface area contributed by atoms with Gasteiger partial charge in [-0.25, -0.2) is 0 Å². The Balaban J connectivity index is 1.25. The summed E-state index contributed by atoms with van der Waals surface area (Å²) in [6, 6.07) is 58.5. The molecule has 226 valence electrons. The van der Waals surface area contributed by atoms with Gasteiger partial charge in [0.1, 0.15) is 0 Å². The van der Waals surface area contributed by atoms with Crippen LogP contribution < -0.4 is 9.80 Å². The maximum absolute atomic E-state index is 3.82. The number of benzene rings is 7. The van der Waals surface area contributed by atoms with Crippen molar-refractivity contribution in [1.82, 2.24) is 0 Å². The van der Waals surface area contributed by atoms with E-state index in [0.29, 0.717) is 0 Å². The van der Waals surface area contributed by atoms with Crippen LogP contribution in [0.4, 0.5) is 28.4 Å². The summed E-state index contributed by atoms with van der Waals surface area (Å²) < 4.78 is 0. The van der Waals surface area contributed by atoms with Crippen molar-refractivity contribution in [3.63, 3.8) is 0 Å². The molecule has 47 heavy (non-hydrogen) atoms. The van der Waals surface area contributed by atoms with Crippen molar-refractivity contribution in [3.8, 4) is 11.1 Å². The van der Waals surface area contributed by atoms with Gasteiger partial charge in [-0.1, -0.05) is 140 Å². The summed E-state index contributed by atoms with van der Waals surface area (Å²) in [4.78, 5) is 4.66. The maximum Gasteiger partial charge on any atom is 0.0540 e. The van der Waals surface area contributed by atoms with Gasteiger partial charge in [-0.2, -0.15) is 0 Å². The minimum Gasteiger partial charge on any atom is -0.314 e. The fourth-order valence-electron chi connectivity index (χ4n) is 6.30. The molecule has 0 aliphatic heterocycles. The van der Waals surface area contributed by atoms with Crippen LogP contribution in [0.25, 0.3) is 32.7 Å². The van der Waals surface area contributed by atoms with Gasteiger partial charge in [0.2, 0.25) is 0 Å². The molecule has 0 unspecified atom stereocenters. The molecule has 0 saturated carbocycles. The molecule has 0 radical (unpaired) electrons. The molecule has 0 N–H and O–H groups in total. The molecular formula is C45H36N2. The normalized spacial score (nSPS) is 11.6. The SMILES string of the molecule is C=C/C=C\C=C(/C)N(c1ccc(-c2ccc(N(c3ccccc3)c3cccc4ccccc34)cc2)cc1)c1cccc2ccccc12. The van der Waals surface area contributed by atoms with Crippen molar-refractivity contribution in [3.05, 3.63) is 200 Å². The molecule has 0 spiro atoms. The predicted octanol–water partition coefficient (Wildman–Crippen LogP) is 12.9. The third-order valence-corrected chi connectivity index (χ3v) is 8.55. The Bertz CT molecular complexity index is 2200. The summed E-state index contributed by atoms with van der Waals surface area (Å²) in [5, 5.41) is 4.87. The highest BCUT2D eigenvalue weighted by Gasteiger charge is 2.17. The van der Waals surface area contributed by atoms with Gasteiger partial charge < -0.3 is 9.80 Å². The molecule has 7 rings (SSSR count). The summed E-state index contributed by atoms with van der Waals surface area (Å²) in [6.45, 7) is 5.97. The predicted molar refractivity (Wildman–Crippen MR) is 203 cm³/mol. The standard InChI is InChI=1S/C45H36N2/c1-3-4-6-15-34(2)46(44-24-13-18-37-16-9-11-22-42(37)44)40-30-26-35(27-31-40)36-28-32-41(33-29-36)47(39-20-7-5-8-21-39)45-25-14-19-38-17-10-12-23-43(38)45/h3-33H,1H2,2H3/b6-4-,34-15+. The number of allylic oxidation sites excluding steroid dienone is 5. The van der Waals surface area contributed by atoms with Crippen LogP contribution in [0.1, 0.15) is 6.92 Å². The van der Waals surface area contributed by atoms with E-state index in [2.05, 4.69) is 193 Å². The topological polar surface area (TPSA) is 6.48 Å². The van der Waals surface area contributed by atoms with Crippen LogP contribution in [0.3, 0.4) is 0 Å². The van der Waals surface area contributed by atoms with E-state index in [-0.39, 0.29) is 0 Å². The number of hydrogen-bond acceptors (Lipinski definition) is 2. The van der Waals surface area contributed by atoms with Gasteiger partial charge in [0, 0.05) is 33.5 Å². The van der Waals surface area contributed by atoms with Gasteiger partial charge in [-0.15, -0.1) is 0 Å². The van der Waals surface area contributed by atoms with E-state index in [1.807, 2.05) is 12.2 Å². The van der Waals surface area contributed by atoms with Crippen LogP contribution in [0, 0.1) is 0 Å². The first-order chi connectivity index (χ1) is 23.2. The zero-order chi connectivity index (χ0) is 32.0. The highest BCUT2D eigenvalue weighted by Crippen LogP contribution is 2.40. The zero-order valence-corrected chi connectivity index (χ0v) is 26.5. The Hall–Kier alpha value is -6.12. The molecule has 0 bridgehead atoms. The molecule has 0 heterocycles. The van der Waals surface area contributed by atoms with E-state index in [0.717, 1.165) is 34.1 Å². The summed E-state index contributed by atoms with van der Waals surface area (Å²) in [6.07, 6.45) is 7.92. The lowest BCUT2D eigenvalue weighted by Crippen LogP contribution is -2.14. The van der Waals surface area contributed by atoms with Crippen molar-refractivity contribution in [2.45, 2.75) is 6.92 Å². The third-order valence-electron chi connectivity index (χ3n) is 8.55. The molecule has 7 aromatic carbocycles. The summed E-state index contributed by atoms with van der Waals surface area (Å²) in [7, 11) is 0. The largest absolute Gasteiger partial charge is 0.314 e. The van der Waals surface area contributed by atoms with Crippen LogP contribution in [0.5, 0.6) is 0 Å². The molecule has 0 saturated heterocycles. The monoisotopic (exact) mass is 604 g/mol. The van der Waals surface area contributed by atoms with Crippen LogP contribution in [-0.2, 0) is 0 Å². The Morgan fingerprint density at radius 3 is 1.57 bits per heavy atom. The van der Waals surface area contributed by atoms with Gasteiger partial charge in [-0.05, 0) is 83.4 Å². The molecule has 0 fully saturated rings. The van der Waals surface area contributed by atoms with Crippen LogP contribution >= 0.6 is 0 Å². The first-order valence-corrected chi connectivity index (χ1v) is 16.0. The molecule has 0 atom stereocenters. The van der Waals surface area contributed by atoms with E-state index < -0.39 is 0 Å². The second kappa shape index (κ2) is 13.5. The lowest BCUT2D eigenvalue weighted by molar-refractivity contribution is 1.16. The summed E-state index contributed by atoms with van der Waals surface area (Å²) >= 11 is 0. The van der Waals surface area contributed by atoms with E-state index >= 15 is 0 Å². The van der Waals surface area contributed by atoms with Crippen molar-refractivity contribution in [2.24, 2.45) is 0 Å². The van der Waals surface area contributed by atoms with E-state index in [9.17, 15) is 0 Å². The fourth-order valence-corrected chi connectivity index (χ4v) is 6.30. The minimum absolute atomic E-state index is 1.11. The summed E-state index contributed by atoms with van der Waals surface area (Å²) in [5.74, 6) is 0. The van der Waals surface area contributed by atoms with Gasteiger partial charge in [0.25, 0.3) is 0 Å². The number of nitrogens with zero attached hydrogens (tertiary/aromatic N) is 2. The second-order valence-electron chi connectivity index (χ2n) is 11.5. The van der Waals surface area contributed by atoms with Gasteiger partial charge in [0.05, 0.1) is 11.4 Å². The molecular weight excluding hydrogens is 569 g/mol. The molecule has 0 aromatic heterocycles. The van der Waals surface area contributed by atoms with Gasteiger partial charge in [0.15, 0.2) is 0 Å². The Labute approximate surface area is 277 Å². The maximum atomic E-state index is 3.82. The van der Waals surface area contributed by atoms with E-state index in [1.165, 1.54) is 32.7 Å². The molecule has 0 aliphatic rings. The van der Waals surface area contributed by atoms with Gasteiger partial charge >= 0.3 is 0 Å². The molecule has 2 heteroatoms. The van der Waals surface area contributed by atoms with Crippen molar-refractivity contribution in [1.29, 1.82) is 0 Å². The smallest absolute Gasteiger partial charge is 0.0540 e. The van der Waals surface area contributed by atoms with Gasteiger partial charge in [-0.3, -0.25) is 0 Å². The quantitative estimate of drug-likeness (QED) is 0.151. The Morgan fingerprint density at radius 1 is 0.468 bits per heavy atom. The lowest BCUT2D eigenvalue weighted by atomic mass is 10.0. The van der Waals surface area contributed by atoms with E-state index in [4.69, 9.17) is 0 Å². The highest BCUT2D eigenvalue weighted by atomic mass is 15.1. The number of hydrogen-bond donors (Lipinski definition) is 0. The molecule has 0 aliphatic carbocycles. The molecule has 7 aromatic rings. The third kappa shape index (κ3) is 6.10. The first-order valence-electron chi connectivity index (χ1n) is 16.0. The summed E-state index contributed by atoms with van der Waals surface area (Å²) in [5.41, 5.74) is 9.11. The van der Waals surface area contributed by atoms with Crippen LogP contribution in [0.2, 0.25) is 0 Å². The van der Waals surface area contributed by atoms with E-state index in [1.54, 1.807) is 6.08 Å². The number of para-hydroxylation sites is 1. The average molecular weight is 605 g/mol. The van der Waals surface area contributed by atoms with Crippen molar-refractivity contribution >= 4 is 50.0 Å². The molecule has 0 amide bonds. The Kier molecular flexibility index (Phi) is 8.48. The lowest BCUT2D eigenvalue weighted by Gasteiger charge is -2.28. The second-order valence-corrected chi connectivity index (χ2v) is 11.5. The minimum atomic E-state index is 1.11. The zero-order valence-electron chi connectivity index (χ0n) is 26.5.